The normalized spacial score (nSPS) is 21.2. The van der Waals surface area contributed by atoms with Crippen molar-refractivity contribution < 1.29 is 14.3 Å². The number of hydrogen-bond acceptors (Lipinski definition) is 6. The van der Waals surface area contributed by atoms with Gasteiger partial charge in [-0.15, -0.1) is 11.3 Å². The Hall–Kier alpha value is -2.48. The summed E-state index contributed by atoms with van der Waals surface area (Å²) in [6.07, 6.45) is 4.54. The Kier molecular flexibility index (Phi) is 6.12. The number of nitrogens with zero attached hydrogens (tertiary/aromatic N) is 2. The summed E-state index contributed by atoms with van der Waals surface area (Å²) in [5.41, 5.74) is 3.76. The number of hydrogen-bond donors (Lipinski definition) is 1. The van der Waals surface area contributed by atoms with Crippen LogP contribution in [0.15, 0.2) is 30.5 Å². The first-order valence-corrected chi connectivity index (χ1v) is 12.5. The van der Waals surface area contributed by atoms with E-state index >= 15 is 0 Å². The highest BCUT2D eigenvalue weighted by molar-refractivity contribution is 7.19. The highest BCUT2D eigenvalue weighted by Gasteiger charge is 2.30. The van der Waals surface area contributed by atoms with Gasteiger partial charge < -0.3 is 10.1 Å². The Morgan fingerprint density at radius 1 is 1.21 bits per heavy atom. The molecule has 0 saturated carbocycles. The average Bonchev–Trinajstić information content (AvgIpc) is 3.34. The van der Waals surface area contributed by atoms with E-state index in [2.05, 4.69) is 17.2 Å². The van der Waals surface area contributed by atoms with Gasteiger partial charge in [0.2, 0.25) is 11.8 Å². The molecule has 0 aliphatic carbocycles. The zero-order valence-corrected chi connectivity index (χ0v) is 20.3. The van der Waals surface area contributed by atoms with Crippen LogP contribution in [0, 0.1) is 6.92 Å². The van der Waals surface area contributed by atoms with Crippen molar-refractivity contribution in [2.45, 2.75) is 58.2 Å². The van der Waals surface area contributed by atoms with Crippen LogP contribution in [0.2, 0.25) is 5.02 Å². The lowest BCUT2D eigenvalue weighted by Crippen LogP contribution is -2.45. The summed E-state index contributed by atoms with van der Waals surface area (Å²) in [5.74, 6) is 0.622. The van der Waals surface area contributed by atoms with E-state index in [1.54, 1.807) is 17.5 Å². The third-order valence-electron chi connectivity index (χ3n) is 6.42. The van der Waals surface area contributed by atoms with Gasteiger partial charge in [0.25, 0.3) is 0 Å². The number of carbonyl (C=O) groups excluding carboxylic acids is 2. The first-order chi connectivity index (χ1) is 15.9. The fourth-order valence-electron chi connectivity index (χ4n) is 4.65. The maximum absolute atomic E-state index is 12.1. The molecule has 8 heteroatoms. The molecule has 5 rings (SSSR count). The fraction of sp³-hybridized carbons (Fsp3) is 0.400. The van der Waals surface area contributed by atoms with Gasteiger partial charge in [0.15, 0.2) is 0 Å². The van der Waals surface area contributed by atoms with Crippen molar-refractivity contribution >= 4 is 45.0 Å². The van der Waals surface area contributed by atoms with Gasteiger partial charge in [0.05, 0.1) is 16.8 Å². The Labute approximate surface area is 201 Å². The molecule has 33 heavy (non-hydrogen) atoms. The number of likely N-dealkylation sites (tertiary alicyclic amines) is 1. The predicted octanol–water partition coefficient (Wildman–Crippen LogP) is 5.09. The molecule has 4 heterocycles. The van der Waals surface area contributed by atoms with Crippen LogP contribution in [0.5, 0.6) is 5.75 Å². The number of benzene rings is 1. The third-order valence-corrected chi connectivity index (χ3v) is 7.78. The number of fused-ring (bicyclic) bond motifs is 1. The van der Waals surface area contributed by atoms with Crippen molar-refractivity contribution in [3.63, 3.8) is 0 Å². The number of nitrogens with one attached hydrogen (secondary N) is 1. The van der Waals surface area contributed by atoms with E-state index in [-0.39, 0.29) is 24.0 Å². The number of rotatable bonds is 5. The van der Waals surface area contributed by atoms with E-state index < -0.39 is 0 Å². The quantitative estimate of drug-likeness (QED) is 0.511. The molecule has 0 radical (unpaired) electrons. The average molecular weight is 484 g/mol. The van der Waals surface area contributed by atoms with Crippen LogP contribution in [0.3, 0.4) is 0 Å². The minimum Gasteiger partial charge on any atom is -0.488 e. The van der Waals surface area contributed by atoms with Gasteiger partial charge >= 0.3 is 0 Å². The Bertz CT molecular complexity index is 1230. The second-order valence-electron chi connectivity index (χ2n) is 8.80. The zero-order valence-electron chi connectivity index (χ0n) is 18.7. The van der Waals surface area contributed by atoms with Gasteiger partial charge in [0, 0.05) is 46.1 Å². The largest absolute Gasteiger partial charge is 0.488 e. The van der Waals surface area contributed by atoms with Crippen molar-refractivity contribution in [2.75, 3.05) is 6.54 Å². The zero-order chi connectivity index (χ0) is 23.1. The van der Waals surface area contributed by atoms with E-state index in [9.17, 15) is 9.59 Å². The molecule has 2 unspecified atom stereocenters. The molecule has 2 aromatic heterocycles. The number of halogens is 1. The highest BCUT2D eigenvalue weighted by Crippen LogP contribution is 2.42. The number of aryl methyl sites for hydroxylation is 1. The van der Waals surface area contributed by atoms with Gasteiger partial charge in [-0.1, -0.05) is 11.6 Å². The standard InChI is InChI=1S/C25H26ClN3O3S/c1-14-10-16(26)11-19(24(14)32-21-4-3-8-27-15(21)2)18-7-9-28-20-12-17(33-25(18)20)13-29-22(30)5-6-23(29)31/h7,9-12,15,21,27H,3-6,8,13H2,1-2H3. The van der Waals surface area contributed by atoms with Crippen molar-refractivity contribution in [1.82, 2.24) is 15.2 Å². The van der Waals surface area contributed by atoms with Gasteiger partial charge in [-0.25, -0.2) is 0 Å². The molecular formula is C25H26ClN3O3S. The van der Waals surface area contributed by atoms with Crippen molar-refractivity contribution in [2.24, 2.45) is 0 Å². The highest BCUT2D eigenvalue weighted by atomic mass is 35.5. The molecule has 2 aliphatic rings. The van der Waals surface area contributed by atoms with Gasteiger partial charge in [-0.05, 0) is 63.1 Å². The molecule has 172 valence electrons. The van der Waals surface area contributed by atoms with Crippen LogP contribution in [-0.4, -0.2) is 40.4 Å². The smallest absolute Gasteiger partial charge is 0.230 e. The van der Waals surface area contributed by atoms with Crippen LogP contribution in [0.1, 0.15) is 43.0 Å². The number of piperidine rings is 1. The Morgan fingerprint density at radius 3 is 2.76 bits per heavy atom. The van der Waals surface area contributed by atoms with Crippen LogP contribution >= 0.6 is 22.9 Å². The van der Waals surface area contributed by atoms with Gasteiger partial charge in [0.1, 0.15) is 11.9 Å². The minimum atomic E-state index is -0.109. The SMILES string of the molecule is Cc1cc(Cl)cc(-c2ccnc3cc(CN4C(=O)CCC4=O)sc23)c1OC1CCCNC1C. The van der Waals surface area contributed by atoms with Gasteiger partial charge in [-0.3, -0.25) is 19.5 Å². The molecule has 2 fully saturated rings. The summed E-state index contributed by atoms with van der Waals surface area (Å²) in [7, 11) is 0. The summed E-state index contributed by atoms with van der Waals surface area (Å²) < 4.78 is 7.59. The Balaban J connectivity index is 1.55. The molecule has 1 aromatic carbocycles. The summed E-state index contributed by atoms with van der Waals surface area (Å²) >= 11 is 8.04. The summed E-state index contributed by atoms with van der Waals surface area (Å²) in [6.45, 7) is 5.49. The van der Waals surface area contributed by atoms with Crippen LogP contribution in [0.4, 0.5) is 0 Å². The first kappa shape index (κ1) is 22.3. The third kappa shape index (κ3) is 4.37. The molecule has 2 aliphatic heterocycles. The summed E-state index contributed by atoms with van der Waals surface area (Å²) in [4.78, 5) is 31.0. The molecule has 2 atom stereocenters. The Morgan fingerprint density at radius 2 is 2.00 bits per heavy atom. The van der Waals surface area contributed by atoms with E-state index in [0.29, 0.717) is 24.4 Å². The van der Waals surface area contributed by atoms with Crippen LogP contribution in [-0.2, 0) is 16.1 Å². The lowest BCUT2D eigenvalue weighted by Gasteiger charge is -2.31. The van der Waals surface area contributed by atoms with Crippen LogP contribution < -0.4 is 10.1 Å². The summed E-state index contributed by atoms with van der Waals surface area (Å²) in [6, 6.07) is 8.10. The van der Waals surface area contributed by atoms with Gasteiger partial charge in [-0.2, -0.15) is 0 Å². The molecule has 1 N–H and O–H groups in total. The predicted molar refractivity (Wildman–Crippen MR) is 131 cm³/mol. The maximum atomic E-state index is 12.1. The lowest BCUT2D eigenvalue weighted by atomic mass is 10.00. The number of carbonyl (C=O) groups is 2. The van der Waals surface area contributed by atoms with E-state index in [1.165, 1.54) is 4.90 Å². The fourth-order valence-corrected chi connectivity index (χ4v) is 6.05. The monoisotopic (exact) mass is 483 g/mol. The molecule has 0 spiro atoms. The first-order valence-electron chi connectivity index (χ1n) is 11.3. The van der Waals surface area contributed by atoms with E-state index in [1.807, 2.05) is 31.2 Å². The van der Waals surface area contributed by atoms with E-state index in [4.69, 9.17) is 16.3 Å². The minimum absolute atomic E-state index is 0.0841. The molecule has 2 saturated heterocycles. The second kappa shape index (κ2) is 9.05. The maximum Gasteiger partial charge on any atom is 0.230 e. The number of pyridine rings is 1. The van der Waals surface area contributed by atoms with Crippen molar-refractivity contribution in [3.05, 3.63) is 45.9 Å². The number of thiophene rings is 1. The lowest BCUT2D eigenvalue weighted by molar-refractivity contribution is -0.138. The molecule has 0 bridgehead atoms. The van der Waals surface area contributed by atoms with Crippen molar-refractivity contribution in [3.8, 4) is 16.9 Å². The second-order valence-corrected chi connectivity index (χ2v) is 10.4. The van der Waals surface area contributed by atoms with Crippen LogP contribution in [0.25, 0.3) is 21.3 Å². The number of imide groups is 1. The topological polar surface area (TPSA) is 71.5 Å². The molecule has 6 nitrogen and oxygen atoms in total. The van der Waals surface area contributed by atoms with E-state index in [0.717, 1.165) is 56.9 Å². The molecule has 3 aromatic rings. The number of ether oxygens (including phenoxy) is 1. The molecule has 2 amide bonds. The number of aromatic nitrogens is 1. The molecular weight excluding hydrogens is 458 g/mol. The summed E-state index contributed by atoms with van der Waals surface area (Å²) in [5, 5.41) is 4.15. The van der Waals surface area contributed by atoms with Crippen molar-refractivity contribution in [1.29, 1.82) is 0 Å². The number of amides is 2.